The predicted molar refractivity (Wildman–Crippen MR) is 62.2 cm³/mol. The summed E-state index contributed by atoms with van der Waals surface area (Å²) in [6.07, 6.45) is 5.51. The molecule has 1 rings (SSSR count). The molecule has 13 heavy (non-hydrogen) atoms. The van der Waals surface area contributed by atoms with Crippen molar-refractivity contribution in [1.82, 2.24) is 5.32 Å². The van der Waals surface area contributed by atoms with Crippen molar-refractivity contribution in [3.63, 3.8) is 0 Å². The van der Waals surface area contributed by atoms with Crippen molar-refractivity contribution in [1.29, 1.82) is 0 Å². The van der Waals surface area contributed by atoms with Gasteiger partial charge in [0.2, 0.25) is 0 Å². The minimum absolute atomic E-state index is 0.302. The van der Waals surface area contributed by atoms with Crippen LogP contribution in [0.2, 0.25) is 0 Å². The van der Waals surface area contributed by atoms with Crippen molar-refractivity contribution in [3.8, 4) is 0 Å². The Morgan fingerprint density at radius 1 is 1.31 bits per heavy atom. The fourth-order valence-corrected chi connectivity index (χ4v) is 3.63. The van der Waals surface area contributed by atoms with Gasteiger partial charge in [-0.15, -0.1) is 11.8 Å². The number of thioether (sulfide) groups is 1. The maximum Gasteiger partial charge on any atom is 0.0593 e. The summed E-state index contributed by atoms with van der Waals surface area (Å²) in [6, 6.07) is 0.692. The topological polar surface area (TPSA) is 12.0 Å². The van der Waals surface area contributed by atoms with Crippen LogP contribution in [-0.2, 0) is 0 Å². The molecule has 0 radical (unpaired) electrons. The fraction of sp³-hybridized carbons (Fsp3) is 1.00. The van der Waals surface area contributed by atoms with E-state index in [0.717, 1.165) is 5.25 Å². The summed E-state index contributed by atoms with van der Waals surface area (Å²) in [7, 11) is 0. The van der Waals surface area contributed by atoms with Crippen LogP contribution >= 0.6 is 11.8 Å². The molecule has 1 N–H and O–H groups in total. The summed E-state index contributed by atoms with van der Waals surface area (Å²) in [4.78, 5) is 0.302. The van der Waals surface area contributed by atoms with Crippen molar-refractivity contribution in [2.45, 2.75) is 69.5 Å². The fourth-order valence-electron chi connectivity index (χ4n) is 2.06. The van der Waals surface area contributed by atoms with Crippen LogP contribution < -0.4 is 5.32 Å². The first-order valence-electron chi connectivity index (χ1n) is 5.50. The van der Waals surface area contributed by atoms with Gasteiger partial charge in [0.05, 0.1) is 4.87 Å². The highest BCUT2D eigenvalue weighted by Gasteiger charge is 2.35. The smallest absolute Gasteiger partial charge is 0.0593 e. The quantitative estimate of drug-likeness (QED) is 0.700. The summed E-state index contributed by atoms with van der Waals surface area (Å²) in [5.74, 6) is 0. The van der Waals surface area contributed by atoms with Gasteiger partial charge in [0.25, 0.3) is 0 Å². The third-order valence-electron chi connectivity index (χ3n) is 2.67. The van der Waals surface area contributed by atoms with E-state index in [9.17, 15) is 0 Å². The Morgan fingerprint density at radius 3 is 2.46 bits per heavy atom. The summed E-state index contributed by atoms with van der Waals surface area (Å²) < 4.78 is 0. The summed E-state index contributed by atoms with van der Waals surface area (Å²) >= 11 is 2.12. The van der Waals surface area contributed by atoms with Crippen LogP contribution in [0.5, 0.6) is 0 Å². The highest BCUT2D eigenvalue weighted by molar-refractivity contribution is 8.01. The lowest BCUT2D eigenvalue weighted by atomic mass is 10.1. The molecule has 78 valence electrons. The van der Waals surface area contributed by atoms with Gasteiger partial charge in [0.1, 0.15) is 0 Å². The van der Waals surface area contributed by atoms with E-state index >= 15 is 0 Å². The lowest BCUT2D eigenvalue weighted by molar-refractivity contribution is 0.471. The van der Waals surface area contributed by atoms with Crippen molar-refractivity contribution >= 4 is 11.8 Å². The molecule has 0 aromatic carbocycles. The Labute approximate surface area is 87.1 Å². The largest absolute Gasteiger partial charge is 0.300 e. The normalized spacial score (nSPS) is 32.3. The van der Waals surface area contributed by atoms with E-state index in [2.05, 4.69) is 44.8 Å². The zero-order chi connectivity index (χ0) is 9.90. The van der Waals surface area contributed by atoms with Crippen LogP contribution in [0.25, 0.3) is 0 Å². The Bertz CT molecular complexity index is 156. The molecule has 0 aromatic heterocycles. The standard InChI is InChI=1S/C11H23NS/c1-5-6-7-8-10-9(2)12-11(3,4)13-10/h9-10,12H,5-8H2,1-4H3/t9-,10-/m0/s1. The summed E-state index contributed by atoms with van der Waals surface area (Å²) in [5.41, 5.74) is 0. The van der Waals surface area contributed by atoms with E-state index in [-0.39, 0.29) is 0 Å². The molecule has 1 saturated heterocycles. The van der Waals surface area contributed by atoms with Crippen molar-refractivity contribution in [2.75, 3.05) is 0 Å². The third kappa shape index (κ3) is 3.51. The molecular weight excluding hydrogens is 178 g/mol. The molecule has 1 aliphatic heterocycles. The van der Waals surface area contributed by atoms with Gasteiger partial charge < -0.3 is 0 Å². The van der Waals surface area contributed by atoms with Crippen molar-refractivity contribution in [2.24, 2.45) is 0 Å². The van der Waals surface area contributed by atoms with Crippen LogP contribution in [0.3, 0.4) is 0 Å². The van der Waals surface area contributed by atoms with Crippen LogP contribution in [0, 0.1) is 0 Å². The highest BCUT2D eigenvalue weighted by atomic mass is 32.2. The summed E-state index contributed by atoms with van der Waals surface area (Å²) in [5, 5.41) is 4.47. The molecule has 0 bridgehead atoms. The van der Waals surface area contributed by atoms with Crippen LogP contribution in [0.1, 0.15) is 53.4 Å². The molecule has 0 spiro atoms. The first-order valence-corrected chi connectivity index (χ1v) is 6.38. The van der Waals surface area contributed by atoms with Gasteiger partial charge in [0, 0.05) is 11.3 Å². The summed E-state index contributed by atoms with van der Waals surface area (Å²) in [6.45, 7) is 9.16. The minimum Gasteiger partial charge on any atom is -0.300 e. The Hall–Kier alpha value is 0.310. The van der Waals surface area contributed by atoms with Gasteiger partial charge in [-0.1, -0.05) is 26.2 Å². The van der Waals surface area contributed by atoms with E-state index in [1.165, 1.54) is 25.7 Å². The van der Waals surface area contributed by atoms with Gasteiger partial charge in [-0.05, 0) is 27.2 Å². The molecule has 0 aromatic rings. The molecule has 1 nitrogen and oxygen atoms in total. The molecule has 1 fully saturated rings. The van der Waals surface area contributed by atoms with Crippen LogP contribution in [0.4, 0.5) is 0 Å². The molecular formula is C11H23NS. The van der Waals surface area contributed by atoms with E-state index in [4.69, 9.17) is 0 Å². The van der Waals surface area contributed by atoms with E-state index in [1.54, 1.807) is 0 Å². The van der Waals surface area contributed by atoms with Crippen molar-refractivity contribution in [3.05, 3.63) is 0 Å². The average Bonchev–Trinajstić information content (AvgIpc) is 2.25. The Kier molecular flexibility index (Phi) is 4.11. The molecule has 2 atom stereocenters. The number of rotatable bonds is 4. The Morgan fingerprint density at radius 2 is 2.00 bits per heavy atom. The first kappa shape index (κ1) is 11.4. The predicted octanol–water partition coefficient (Wildman–Crippen LogP) is 3.40. The maximum absolute atomic E-state index is 3.63. The first-order chi connectivity index (χ1) is 6.05. The van der Waals surface area contributed by atoms with Gasteiger partial charge in [-0.2, -0.15) is 0 Å². The maximum atomic E-state index is 3.63. The monoisotopic (exact) mass is 201 g/mol. The van der Waals surface area contributed by atoms with E-state index in [0.29, 0.717) is 10.9 Å². The van der Waals surface area contributed by atoms with E-state index < -0.39 is 0 Å². The van der Waals surface area contributed by atoms with Crippen LogP contribution in [0.15, 0.2) is 0 Å². The number of hydrogen-bond donors (Lipinski definition) is 1. The lowest BCUT2D eigenvalue weighted by Crippen LogP contribution is -2.35. The second-order valence-corrected chi connectivity index (χ2v) is 6.46. The second-order valence-electron chi connectivity index (χ2n) is 4.60. The second kappa shape index (κ2) is 4.70. The zero-order valence-corrected chi connectivity index (χ0v) is 10.2. The van der Waals surface area contributed by atoms with Crippen molar-refractivity contribution < 1.29 is 0 Å². The molecule has 0 saturated carbocycles. The van der Waals surface area contributed by atoms with Gasteiger partial charge >= 0.3 is 0 Å². The number of nitrogens with one attached hydrogen (secondary N) is 1. The van der Waals surface area contributed by atoms with E-state index in [1.807, 2.05) is 0 Å². The van der Waals surface area contributed by atoms with Crippen LogP contribution in [-0.4, -0.2) is 16.2 Å². The van der Waals surface area contributed by atoms with Gasteiger partial charge in [-0.25, -0.2) is 0 Å². The minimum atomic E-state index is 0.302. The van der Waals surface area contributed by atoms with Gasteiger partial charge in [-0.3, -0.25) is 5.32 Å². The number of unbranched alkanes of at least 4 members (excludes halogenated alkanes) is 2. The molecule has 0 unspecified atom stereocenters. The average molecular weight is 201 g/mol. The van der Waals surface area contributed by atoms with Gasteiger partial charge in [0.15, 0.2) is 0 Å². The third-order valence-corrected chi connectivity index (χ3v) is 4.32. The highest BCUT2D eigenvalue weighted by Crippen LogP contribution is 2.38. The molecule has 2 heteroatoms. The molecule has 0 amide bonds. The zero-order valence-electron chi connectivity index (χ0n) is 9.39. The number of hydrogen-bond acceptors (Lipinski definition) is 2. The molecule has 0 aliphatic carbocycles. The lowest BCUT2D eigenvalue weighted by Gasteiger charge is -2.16. The molecule has 1 aliphatic rings. The molecule has 1 heterocycles. The Balaban J connectivity index is 2.27. The SMILES string of the molecule is CCCCC[C@@H]1SC(C)(C)N[C@H]1C.